The number of thiocarbonyl (C=S) groups is 1. The molecule has 0 saturated carbocycles. The molecule has 0 aliphatic carbocycles. The third-order valence-electron chi connectivity index (χ3n) is 3.00. The van der Waals surface area contributed by atoms with Crippen molar-refractivity contribution in [3.8, 4) is 0 Å². The maximum Gasteiger partial charge on any atom is 0.323 e. The van der Waals surface area contributed by atoms with E-state index in [1.165, 1.54) is 4.90 Å². The summed E-state index contributed by atoms with van der Waals surface area (Å²) in [6, 6.07) is 9.37. The second-order valence-electron chi connectivity index (χ2n) is 4.23. The average Bonchev–Trinajstić information content (AvgIpc) is 2.71. The monoisotopic (exact) mass is 263 g/mol. The molecule has 0 spiro atoms. The van der Waals surface area contributed by atoms with Crippen molar-refractivity contribution in [2.75, 3.05) is 13.1 Å². The smallest absolute Gasteiger partial charge is 0.323 e. The Labute approximate surface area is 110 Å². The molecule has 0 aromatic heterocycles. The van der Waals surface area contributed by atoms with E-state index < -0.39 is 5.97 Å². The SMILES string of the molecule is O=C(O)CN1CCC(C(=S)c2ccccc2)C1=O. The summed E-state index contributed by atoms with van der Waals surface area (Å²) >= 11 is 5.33. The molecule has 1 amide bonds. The van der Waals surface area contributed by atoms with Gasteiger partial charge in [0.05, 0.1) is 5.92 Å². The number of aliphatic carboxylic acids is 1. The quantitative estimate of drug-likeness (QED) is 0.658. The van der Waals surface area contributed by atoms with E-state index in [1.807, 2.05) is 30.3 Å². The first kappa shape index (κ1) is 12.7. The van der Waals surface area contributed by atoms with Crippen molar-refractivity contribution in [1.82, 2.24) is 4.90 Å². The lowest BCUT2D eigenvalue weighted by molar-refractivity contribution is -0.143. The number of benzene rings is 1. The minimum absolute atomic E-state index is 0.175. The Hall–Kier alpha value is -1.75. The Morgan fingerprint density at radius 2 is 2.06 bits per heavy atom. The summed E-state index contributed by atoms with van der Waals surface area (Å²) in [5, 5.41) is 8.71. The van der Waals surface area contributed by atoms with Gasteiger partial charge >= 0.3 is 5.97 Å². The second-order valence-corrected chi connectivity index (χ2v) is 4.66. The number of hydrogen-bond donors (Lipinski definition) is 1. The van der Waals surface area contributed by atoms with Crippen LogP contribution in [-0.2, 0) is 9.59 Å². The van der Waals surface area contributed by atoms with Crippen molar-refractivity contribution in [2.24, 2.45) is 5.92 Å². The van der Waals surface area contributed by atoms with Gasteiger partial charge in [0.2, 0.25) is 5.91 Å². The van der Waals surface area contributed by atoms with Crippen LogP contribution in [0.1, 0.15) is 12.0 Å². The molecule has 1 aromatic rings. The fraction of sp³-hybridized carbons (Fsp3) is 0.308. The highest BCUT2D eigenvalue weighted by Crippen LogP contribution is 2.23. The van der Waals surface area contributed by atoms with Crippen LogP contribution in [0.3, 0.4) is 0 Å². The molecule has 1 heterocycles. The molecule has 0 bridgehead atoms. The minimum Gasteiger partial charge on any atom is -0.480 e. The largest absolute Gasteiger partial charge is 0.480 e. The standard InChI is InChI=1S/C13H13NO3S/c15-11(16)8-14-7-6-10(13(14)17)12(18)9-4-2-1-3-5-9/h1-5,10H,6-8H2,(H,15,16). The van der Waals surface area contributed by atoms with Gasteiger partial charge in [0.1, 0.15) is 6.54 Å². The number of nitrogens with zero attached hydrogens (tertiary/aromatic N) is 1. The van der Waals surface area contributed by atoms with E-state index >= 15 is 0 Å². The summed E-state index contributed by atoms with van der Waals surface area (Å²) in [5.41, 5.74) is 0.864. The molecular formula is C13H13NO3S. The molecular weight excluding hydrogens is 250 g/mol. The average molecular weight is 263 g/mol. The number of hydrogen-bond acceptors (Lipinski definition) is 3. The first-order chi connectivity index (χ1) is 8.59. The van der Waals surface area contributed by atoms with Gasteiger partial charge in [-0.15, -0.1) is 0 Å². The maximum atomic E-state index is 12.0. The van der Waals surface area contributed by atoms with Crippen LogP contribution in [-0.4, -0.2) is 39.8 Å². The first-order valence-electron chi connectivity index (χ1n) is 5.69. The van der Waals surface area contributed by atoms with E-state index in [2.05, 4.69) is 0 Å². The lowest BCUT2D eigenvalue weighted by Crippen LogP contribution is -2.34. The van der Waals surface area contributed by atoms with E-state index in [1.54, 1.807) is 0 Å². The van der Waals surface area contributed by atoms with Crippen LogP contribution >= 0.6 is 12.2 Å². The summed E-state index contributed by atoms with van der Waals surface area (Å²) in [6.45, 7) is 0.218. The zero-order valence-corrected chi connectivity index (χ0v) is 10.5. The van der Waals surface area contributed by atoms with E-state index in [9.17, 15) is 9.59 Å². The van der Waals surface area contributed by atoms with Gasteiger partial charge in [0, 0.05) is 11.4 Å². The summed E-state index contributed by atoms with van der Waals surface area (Å²) in [7, 11) is 0. The van der Waals surface area contributed by atoms with E-state index in [4.69, 9.17) is 17.3 Å². The van der Waals surface area contributed by atoms with Gasteiger partial charge in [-0.1, -0.05) is 42.5 Å². The summed E-state index contributed by atoms with van der Waals surface area (Å²) in [6.07, 6.45) is 0.597. The Morgan fingerprint density at radius 3 is 2.67 bits per heavy atom. The molecule has 2 rings (SSSR count). The maximum absolute atomic E-state index is 12.0. The molecule has 1 fully saturated rings. The highest BCUT2D eigenvalue weighted by molar-refractivity contribution is 7.81. The van der Waals surface area contributed by atoms with Gasteiger partial charge in [0.25, 0.3) is 0 Å². The van der Waals surface area contributed by atoms with Gasteiger partial charge in [0.15, 0.2) is 0 Å². The number of carbonyl (C=O) groups excluding carboxylic acids is 1. The number of likely N-dealkylation sites (tertiary alicyclic amines) is 1. The predicted molar refractivity (Wildman–Crippen MR) is 70.5 cm³/mol. The van der Waals surface area contributed by atoms with Crippen molar-refractivity contribution in [1.29, 1.82) is 0 Å². The molecule has 1 aliphatic heterocycles. The Kier molecular flexibility index (Phi) is 3.72. The fourth-order valence-electron chi connectivity index (χ4n) is 2.11. The van der Waals surface area contributed by atoms with Crippen molar-refractivity contribution >= 4 is 29.0 Å². The van der Waals surface area contributed by atoms with Crippen LogP contribution in [0.15, 0.2) is 30.3 Å². The van der Waals surface area contributed by atoms with Crippen LogP contribution in [0, 0.1) is 5.92 Å². The zero-order chi connectivity index (χ0) is 13.1. The van der Waals surface area contributed by atoms with Crippen LogP contribution in [0.25, 0.3) is 0 Å². The third kappa shape index (κ3) is 2.56. The fourth-order valence-corrected chi connectivity index (χ4v) is 2.46. The van der Waals surface area contributed by atoms with Crippen molar-refractivity contribution < 1.29 is 14.7 Å². The molecule has 1 atom stereocenters. The molecule has 5 heteroatoms. The molecule has 94 valence electrons. The zero-order valence-electron chi connectivity index (χ0n) is 9.70. The van der Waals surface area contributed by atoms with Crippen molar-refractivity contribution in [3.05, 3.63) is 35.9 Å². The number of carboxylic acid groups (broad SMARTS) is 1. The Balaban J connectivity index is 2.10. The number of carboxylic acids is 1. The van der Waals surface area contributed by atoms with E-state index in [0.717, 1.165) is 5.56 Å². The normalized spacial score (nSPS) is 19.0. The minimum atomic E-state index is -0.991. The topological polar surface area (TPSA) is 57.6 Å². The molecule has 1 aromatic carbocycles. The molecule has 0 radical (unpaired) electrons. The van der Waals surface area contributed by atoms with Crippen LogP contribution in [0.4, 0.5) is 0 Å². The van der Waals surface area contributed by atoms with Crippen LogP contribution < -0.4 is 0 Å². The number of amides is 1. The third-order valence-corrected chi connectivity index (χ3v) is 3.52. The molecule has 1 aliphatic rings. The lowest BCUT2D eigenvalue weighted by Gasteiger charge is -2.14. The van der Waals surface area contributed by atoms with Gasteiger partial charge in [-0.05, 0) is 12.0 Å². The second kappa shape index (κ2) is 5.27. The van der Waals surface area contributed by atoms with E-state index in [0.29, 0.717) is 17.8 Å². The van der Waals surface area contributed by atoms with Gasteiger partial charge in [-0.25, -0.2) is 0 Å². The van der Waals surface area contributed by atoms with Crippen molar-refractivity contribution in [2.45, 2.75) is 6.42 Å². The molecule has 1 saturated heterocycles. The van der Waals surface area contributed by atoms with Gasteiger partial charge in [-0.3, -0.25) is 9.59 Å². The van der Waals surface area contributed by atoms with Gasteiger partial charge < -0.3 is 10.0 Å². The number of carbonyl (C=O) groups is 2. The van der Waals surface area contributed by atoms with Crippen molar-refractivity contribution in [3.63, 3.8) is 0 Å². The predicted octanol–water partition coefficient (Wildman–Crippen LogP) is 1.34. The van der Waals surface area contributed by atoms with Crippen LogP contribution in [0.2, 0.25) is 0 Å². The van der Waals surface area contributed by atoms with E-state index in [-0.39, 0.29) is 18.4 Å². The Morgan fingerprint density at radius 1 is 1.39 bits per heavy atom. The van der Waals surface area contributed by atoms with Gasteiger partial charge in [-0.2, -0.15) is 0 Å². The number of rotatable bonds is 4. The summed E-state index contributed by atoms with van der Waals surface area (Å²) in [4.78, 5) is 24.6. The molecule has 1 unspecified atom stereocenters. The molecule has 4 nitrogen and oxygen atoms in total. The highest BCUT2D eigenvalue weighted by atomic mass is 32.1. The Bertz CT molecular complexity index is 486. The first-order valence-corrected chi connectivity index (χ1v) is 6.10. The summed E-state index contributed by atoms with van der Waals surface area (Å²) < 4.78 is 0. The molecule has 1 N–H and O–H groups in total. The van der Waals surface area contributed by atoms with Crippen LogP contribution in [0.5, 0.6) is 0 Å². The summed E-state index contributed by atoms with van der Waals surface area (Å²) in [5.74, 6) is -1.53. The molecule has 18 heavy (non-hydrogen) atoms. The highest BCUT2D eigenvalue weighted by Gasteiger charge is 2.35. The lowest BCUT2D eigenvalue weighted by atomic mass is 9.98.